The highest BCUT2D eigenvalue weighted by molar-refractivity contribution is 5.65. The van der Waals surface area contributed by atoms with Gasteiger partial charge >= 0.3 is 5.97 Å². The van der Waals surface area contributed by atoms with Gasteiger partial charge in [-0.2, -0.15) is 0 Å². The van der Waals surface area contributed by atoms with Crippen molar-refractivity contribution in [2.45, 2.75) is 123 Å². The van der Waals surface area contributed by atoms with E-state index in [2.05, 4.69) is 38.2 Å². The monoisotopic (exact) mass is 420 g/mol. The molecule has 0 saturated heterocycles. The van der Waals surface area contributed by atoms with Crippen LogP contribution in [0.3, 0.4) is 0 Å². The molecule has 3 atom stereocenters. The van der Waals surface area contributed by atoms with Gasteiger partial charge in [-0.15, -0.1) is 0 Å². The minimum absolute atomic E-state index is 0.171. The van der Waals surface area contributed by atoms with Crippen molar-refractivity contribution in [3.63, 3.8) is 0 Å². The summed E-state index contributed by atoms with van der Waals surface area (Å²) in [5.41, 5.74) is -0.516. The molecule has 1 aliphatic carbocycles. The number of allylic oxidation sites excluding steroid dienone is 3. The first-order valence-corrected chi connectivity index (χ1v) is 12.7. The van der Waals surface area contributed by atoms with Crippen molar-refractivity contribution in [3.8, 4) is 0 Å². The number of hydrogen-bond donors (Lipinski definition) is 1. The van der Waals surface area contributed by atoms with Crippen molar-refractivity contribution in [1.29, 1.82) is 0 Å². The van der Waals surface area contributed by atoms with Crippen molar-refractivity contribution >= 4 is 5.97 Å². The van der Waals surface area contributed by atoms with Crippen molar-refractivity contribution < 1.29 is 14.6 Å². The largest absolute Gasteiger partial charge is 0.466 e. The van der Waals surface area contributed by atoms with Gasteiger partial charge in [-0.25, -0.2) is 0 Å². The Morgan fingerprint density at radius 1 is 1.07 bits per heavy atom. The molecule has 0 aromatic carbocycles. The van der Waals surface area contributed by atoms with Crippen LogP contribution in [0.15, 0.2) is 24.3 Å². The highest BCUT2D eigenvalue weighted by Gasteiger charge is 2.24. The molecule has 0 aromatic rings. The standard InChI is InChI=1S/C27H48O3/c1-4-6-7-13-21-27(29,5-2)22-16-20-26-19-15-18-25(26)17-12-10-8-9-11-14-23-30-24(3)28/h15-16,19-20,25-26,29H,4-14,17-18,21-23H2,1-3H3/b20-16+/t25-,26+,27?/m0/s1. The topological polar surface area (TPSA) is 46.5 Å². The van der Waals surface area contributed by atoms with Crippen LogP contribution in [-0.2, 0) is 9.53 Å². The van der Waals surface area contributed by atoms with Crippen molar-refractivity contribution in [2.24, 2.45) is 11.8 Å². The van der Waals surface area contributed by atoms with Gasteiger partial charge in [0.25, 0.3) is 0 Å². The third-order valence-corrected chi connectivity index (χ3v) is 6.63. The zero-order valence-electron chi connectivity index (χ0n) is 20.0. The first kappa shape index (κ1) is 26.9. The lowest BCUT2D eigenvalue weighted by Gasteiger charge is -2.26. The molecule has 0 aliphatic heterocycles. The van der Waals surface area contributed by atoms with Crippen LogP contribution in [0.5, 0.6) is 0 Å². The number of unbranched alkanes of at least 4 members (excludes halogenated alkanes) is 8. The van der Waals surface area contributed by atoms with Crippen LogP contribution in [0, 0.1) is 11.8 Å². The van der Waals surface area contributed by atoms with Gasteiger partial charge in [0.2, 0.25) is 0 Å². The molecule has 0 amide bonds. The van der Waals surface area contributed by atoms with E-state index < -0.39 is 5.60 Å². The normalized spacial score (nSPS) is 20.7. The number of rotatable bonds is 18. The molecule has 3 nitrogen and oxygen atoms in total. The maximum atomic E-state index is 10.9. The minimum atomic E-state index is -0.516. The fourth-order valence-electron chi connectivity index (χ4n) is 4.44. The van der Waals surface area contributed by atoms with Gasteiger partial charge in [-0.05, 0) is 50.4 Å². The Morgan fingerprint density at radius 3 is 2.47 bits per heavy atom. The van der Waals surface area contributed by atoms with E-state index >= 15 is 0 Å². The molecule has 0 saturated carbocycles. The Kier molecular flexibility index (Phi) is 14.9. The Balaban J connectivity index is 2.18. The quantitative estimate of drug-likeness (QED) is 0.142. The summed E-state index contributed by atoms with van der Waals surface area (Å²) in [6.07, 6.45) is 26.5. The van der Waals surface area contributed by atoms with E-state index in [4.69, 9.17) is 4.74 Å². The van der Waals surface area contributed by atoms with Crippen LogP contribution in [0.4, 0.5) is 0 Å². The van der Waals surface area contributed by atoms with E-state index in [1.54, 1.807) is 0 Å². The van der Waals surface area contributed by atoms with Crippen LogP contribution in [0.2, 0.25) is 0 Å². The molecule has 0 aromatic heterocycles. The second kappa shape index (κ2) is 16.6. The molecule has 1 aliphatic rings. The maximum Gasteiger partial charge on any atom is 0.302 e. The Labute approximate surface area is 186 Å². The Hall–Kier alpha value is -1.09. The van der Waals surface area contributed by atoms with Crippen molar-refractivity contribution in [2.75, 3.05) is 6.61 Å². The molecule has 1 rings (SSSR count). The highest BCUT2D eigenvalue weighted by Crippen LogP contribution is 2.32. The van der Waals surface area contributed by atoms with E-state index in [0.717, 1.165) is 44.4 Å². The van der Waals surface area contributed by atoms with Gasteiger partial charge in [0.05, 0.1) is 12.2 Å². The fraction of sp³-hybridized carbons (Fsp3) is 0.815. The third kappa shape index (κ3) is 12.6. The summed E-state index contributed by atoms with van der Waals surface area (Å²) in [6.45, 7) is 6.39. The van der Waals surface area contributed by atoms with Crippen LogP contribution >= 0.6 is 0 Å². The highest BCUT2D eigenvalue weighted by atomic mass is 16.5. The molecule has 30 heavy (non-hydrogen) atoms. The predicted molar refractivity (Wildman–Crippen MR) is 127 cm³/mol. The molecule has 3 heteroatoms. The van der Waals surface area contributed by atoms with Crippen molar-refractivity contribution in [3.05, 3.63) is 24.3 Å². The number of hydrogen-bond acceptors (Lipinski definition) is 3. The Morgan fingerprint density at radius 2 is 1.77 bits per heavy atom. The predicted octanol–water partition coefficient (Wildman–Crippen LogP) is 7.53. The molecule has 0 spiro atoms. The SMILES string of the molecule is CCCCCCC(O)(CC)C/C=C/[C@H]1C=CC[C@@H]1CCCCCCCCOC(C)=O. The third-order valence-electron chi connectivity index (χ3n) is 6.63. The van der Waals surface area contributed by atoms with Gasteiger partial charge in [0, 0.05) is 6.92 Å². The van der Waals surface area contributed by atoms with Crippen LogP contribution in [0.25, 0.3) is 0 Å². The molecule has 0 radical (unpaired) electrons. The molecule has 1 N–H and O–H groups in total. The van der Waals surface area contributed by atoms with E-state index in [-0.39, 0.29) is 5.97 Å². The van der Waals surface area contributed by atoms with Crippen LogP contribution in [0.1, 0.15) is 117 Å². The van der Waals surface area contributed by atoms with Crippen molar-refractivity contribution in [1.82, 2.24) is 0 Å². The summed E-state index contributed by atoms with van der Waals surface area (Å²) in [5.74, 6) is 1.12. The second-order valence-corrected chi connectivity index (χ2v) is 9.27. The molecule has 0 bridgehead atoms. The zero-order chi connectivity index (χ0) is 22.1. The Bertz CT molecular complexity index is 496. The summed E-state index contributed by atoms with van der Waals surface area (Å²) in [7, 11) is 0. The van der Waals surface area contributed by atoms with E-state index in [9.17, 15) is 9.90 Å². The number of carbonyl (C=O) groups excluding carboxylic acids is 1. The minimum Gasteiger partial charge on any atom is -0.466 e. The fourth-order valence-corrected chi connectivity index (χ4v) is 4.44. The van der Waals surface area contributed by atoms with Gasteiger partial charge in [0.1, 0.15) is 0 Å². The first-order valence-electron chi connectivity index (χ1n) is 12.7. The molecule has 0 fully saturated rings. The summed E-state index contributed by atoms with van der Waals surface area (Å²) in [6, 6.07) is 0. The van der Waals surface area contributed by atoms with E-state index in [1.807, 2.05) is 0 Å². The van der Waals surface area contributed by atoms with E-state index in [1.165, 1.54) is 64.7 Å². The average Bonchev–Trinajstić information content (AvgIpc) is 3.17. The lowest BCUT2D eigenvalue weighted by molar-refractivity contribution is -0.141. The summed E-state index contributed by atoms with van der Waals surface area (Å²) in [5, 5.41) is 10.9. The van der Waals surface area contributed by atoms with Crippen LogP contribution < -0.4 is 0 Å². The summed E-state index contributed by atoms with van der Waals surface area (Å²) < 4.78 is 4.97. The number of esters is 1. The van der Waals surface area contributed by atoms with Gasteiger partial charge < -0.3 is 9.84 Å². The second-order valence-electron chi connectivity index (χ2n) is 9.27. The molecule has 1 unspecified atom stereocenters. The number of aliphatic hydroxyl groups is 1. The van der Waals surface area contributed by atoms with Gasteiger partial charge in [0.15, 0.2) is 0 Å². The summed E-state index contributed by atoms with van der Waals surface area (Å²) in [4.78, 5) is 10.7. The average molecular weight is 421 g/mol. The van der Waals surface area contributed by atoms with E-state index in [0.29, 0.717) is 12.5 Å². The summed E-state index contributed by atoms with van der Waals surface area (Å²) >= 11 is 0. The molecule has 174 valence electrons. The lowest BCUT2D eigenvalue weighted by atomic mass is 9.87. The van der Waals surface area contributed by atoms with Gasteiger partial charge in [-0.1, -0.05) is 95.9 Å². The van der Waals surface area contributed by atoms with Gasteiger partial charge in [-0.3, -0.25) is 4.79 Å². The maximum absolute atomic E-state index is 10.9. The van der Waals surface area contributed by atoms with Crippen LogP contribution in [-0.4, -0.2) is 23.3 Å². The lowest BCUT2D eigenvalue weighted by Crippen LogP contribution is -2.26. The molecule has 0 heterocycles. The molecular weight excluding hydrogens is 372 g/mol. The smallest absolute Gasteiger partial charge is 0.302 e. The number of ether oxygens (including phenoxy) is 1. The molecular formula is C27H48O3. The number of carbonyl (C=O) groups is 1. The first-order chi connectivity index (χ1) is 14.5. The zero-order valence-corrected chi connectivity index (χ0v) is 20.0.